The number of carboxylic acid groups (broad SMARTS) is 1. The van der Waals surface area contributed by atoms with E-state index in [4.69, 9.17) is 10.8 Å². The minimum absolute atomic E-state index is 0.232. The smallest absolute Gasteiger partial charge is 0.303 e. The summed E-state index contributed by atoms with van der Waals surface area (Å²) >= 11 is 1.49. The highest BCUT2D eigenvalue weighted by molar-refractivity contribution is 7.14. The molecule has 1 aromatic rings. The number of nitrogens with two attached hydrogens (primary N) is 1. The average Bonchev–Trinajstić information content (AvgIpc) is 2.35. The third kappa shape index (κ3) is 2.92. The zero-order chi connectivity index (χ0) is 8.97. The number of hydrogen-bond donors (Lipinski definition) is 2. The van der Waals surface area contributed by atoms with Crippen molar-refractivity contribution < 1.29 is 9.90 Å². The van der Waals surface area contributed by atoms with Crippen molar-refractivity contribution in [2.24, 2.45) is 0 Å². The van der Waals surface area contributed by atoms with E-state index in [2.05, 4.69) is 0 Å². The van der Waals surface area contributed by atoms with Gasteiger partial charge in [-0.2, -0.15) is 0 Å². The maximum absolute atomic E-state index is 10.2. The topological polar surface area (TPSA) is 63.3 Å². The van der Waals surface area contributed by atoms with E-state index in [1.807, 2.05) is 11.4 Å². The first kappa shape index (κ1) is 9.06. The Morgan fingerprint density at radius 1 is 1.67 bits per heavy atom. The molecular weight excluding hydrogens is 174 g/mol. The monoisotopic (exact) mass is 185 g/mol. The van der Waals surface area contributed by atoms with Crippen LogP contribution in [0.1, 0.15) is 18.4 Å². The van der Waals surface area contributed by atoms with Crippen molar-refractivity contribution >= 4 is 22.3 Å². The van der Waals surface area contributed by atoms with Crippen molar-refractivity contribution in [2.75, 3.05) is 5.73 Å². The summed E-state index contributed by atoms with van der Waals surface area (Å²) in [4.78, 5) is 10.2. The number of carbonyl (C=O) groups is 1. The fourth-order valence-corrected chi connectivity index (χ4v) is 1.66. The van der Waals surface area contributed by atoms with Gasteiger partial charge in [-0.25, -0.2) is 0 Å². The summed E-state index contributed by atoms with van der Waals surface area (Å²) in [5.41, 5.74) is 6.65. The molecule has 0 radical (unpaired) electrons. The number of anilines is 1. The first-order valence-corrected chi connectivity index (χ1v) is 4.61. The third-order valence-corrected chi connectivity index (χ3v) is 2.34. The van der Waals surface area contributed by atoms with Gasteiger partial charge in [-0.05, 0) is 29.9 Å². The molecule has 0 aromatic carbocycles. The molecule has 66 valence electrons. The van der Waals surface area contributed by atoms with Crippen molar-refractivity contribution in [1.29, 1.82) is 0 Å². The largest absolute Gasteiger partial charge is 0.481 e. The van der Waals surface area contributed by atoms with Gasteiger partial charge in [-0.1, -0.05) is 0 Å². The first-order chi connectivity index (χ1) is 5.68. The highest BCUT2D eigenvalue weighted by Crippen LogP contribution is 2.17. The average molecular weight is 185 g/mol. The lowest BCUT2D eigenvalue weighted by atomic mass is 10.1. The van der Waals surface area contributed by atoms with Gasteiger partial charge >= 0.3 is 5.97 Å². The predicted molar refractivity (Wildman–Crippen MR) is 49.3 cm³/mol. The summed E-state index contributed by atoms with van der Waals surface area (Å²) < 4.78 is 0. The van der Waals surface area contributed by atoms with Gasteiger partial charge in [0.15, 0.2) is 0 Å². The molecule has 1 aromatic heterocycles. The number of aliphatic carboxylic acids is 1. The molecule has 0 aliphatic heterocycles. The summed E-state index contributed by atoms with van der Waals surface area (Å²) in [6.45, 7) is 0. The Balaban J connectivity index is 2.29. The van der Waals surface area contributed by atoms with Crippen LogP contribution in [0.25, 0.3) is 0 Å². The molecule has 0 fully saturated rings. The maximum Gasteiger partial charge on any atom is 0.303 e. The van der Waals surface area contributed by atoms with Crippen LogP contribution in [0.3, 0.4) is 0 Å². The molecular formula is C8H11NO2S. The molecule has 0 saturated carbocycles. The molecule has 0 bridgehead atoms. The van der Waals surface area contributed by atoms with Crippen molar-refractivity contribution in [3.05, 3.63) is 17.0 Å². The van der Waals surface area contributed by atoms with Crippen molar-refractivity contribution in [2.45, 2.75) is 19.3 Å². The van der Waals surface area contributed by atoms with E-state index in [0.29, 0.717) is 6.42 Å². The Labute approximate surface area is 74.8 Å². The highest BCUT2D eigenvalue weighted by Gasteiger charge is 1.99. The van der Waals surface area contributed by atoms with E-state index in [1.165, 1.54) is 11.3 Å². The third-order valence-electron chi connectivity index (χ3n) is 1.53. The Bertz CT molecular complexity index is 270. The van der Waals surface area contributed by atoms with Crippen LogP contribution in [-0.4, -0.2) is 11.1 Å². The molecule has 1 heterocycles. The number of hydrogen-bond acceptors (Lipinski definition) is 3. The summed E-state index contributed by atoms with van der Waals surface area (Å²) in [6.07, 6.45) is 1.72. The quantitative estimate of drug-likeness (QED) is 0.751. The summed E-state index contributed by atoms with van der Waals surface area (Å²) in [5, 5.41) is 11.1. The molecule has 0 amide bonds. The zero-order valence-electron chi connectivity index (χ0n) is 6.62. The highest BCUT2D eigenvalue weighted by atomic mass is 32.1. The lowest BCUT2D eigenvalue weighted by Gasteiger charge is -1.93. The van der Waals surface area contributed by atoms with Gasteiger partial charge in [-0.15, -0.1) is 11.3 Å². The SMILES string of the molecule is Nc1cc(CCCC(=O)O)cs1. The fraction of sp³-hybridized carbons (Fsp3) is 0.375. The fourth-order valence-electron chi connectivity index (χ4n) is 0.969. The van der Waals surface area contributed by atoms with Gasteiger partial charge in [0.25, 0.3) is 0 Å². The van der Waals surface area contributed by atoms with Crippen molar-refractivity contribution in [3.8, 4) is 0 Å². The molecule has 0 unspecified atom stereocenters. The van der Waals surface area contributed by atoms with Gasteiger partial charge in [0.2, 0.25) is 0 Å². The molecule has 12 heavy (non-hydrogen) atoms. The van der Waals surface area contributed by atoms with Crippen molar-refractivity contribution in [3.63, 3.8) is 0 Å². The number of carboxylic acids is 1. The van der Waals surface area contributed by atoms with Crippen LogP contribution >= 0.6 is 11.3 Å². The lowest BCUT2D eigenvalue weighted by molar-refractivity contribution is -0.137. The second kappa shape index (κ2) is 4.11. The van der Waals surface area contributed by atoms with Gasteiger partial charge < -0.3 is 10.8 Å². The van der Waals surface area contributed by atoms with E-state index >= 15 is 0 Å². The van der Waals surface area contributed by atoms with Crippen LogP contribution in [-0.2, 0) is 11.2 Å². The molecule has 0 atom stereocenters. The molecule has 0 aliphatic carbocycles. The van der Waals surface area contributed by atoms with Crippen LogP contribution in [0.2, 0.25) is 0 Å². The molecule has 0 saturated heterocycles. The van der Waals surface area contributed by atoms with E-state index < -0.39 is 5.97 Å². The van der Waals surface area contributed by atoms with Gasteiger partial charge in [0.05, 0.1) is 5.00 Å². The normalized spacial score (nSPS) is 10.0. The summed E-state index contributed by atoms with van der Waals surface area (Å²) in [5.74, 6) is -0.738. The van der Waals surface area contributed by atoms with Gasteiger partial charge in [-0.3, -0.25) is 4.79 Å². The minimum atomic E-state index is -0.738. The molecule has 0 spiro atoms. The predicted octanol–water partition coefficient (Wildman–Crippen LogP) is 1.74. The van der Waals surface area contributed by atoms with E-state index in [1.54, 1.807) is 0 Å². The Kier molecular flexibility index (Phi) is 3.10. The van der Waals surface area contributed by atoms with Crippen LogP contribution in [0.15, 0.2) is 11.4 Å². The molecule has 3 nitrogen and oxygen atoms in total. The van der Waals surface area contributed by atoms with Crippen LogP contribution in [0.5, 0.6) is 0 Å². The molecule has 1 rings (SSSR count). The minimum Gasteiger partial charge on any atom is -0.481 e. The van der Waals surface area contributed by atoms with Gasteiger partial charge in [0.1, 0.15) is 0 Å². The standard InChI is InChI=1S/C8H11NO2S/c9-7-4-6(5-12-7)2-1-3-8(10)11/h4-5H,1-3,9H2,(H,10,11). The van der Waals surface area contributed by atoms with Crippen LogP contribution < -0.4 is 5.73 Å². The summed E-state index contributed by atoms with van der Waals surface area (Å²) in [6, 6.07) is 1.90. The lowest BCUT2D eigenvalue weighted by Crippen LogP contribution is -1.95. The molecule has 4 heteroatoms. The Morgan fingerprint density at radius 3 is 2.92 bits per heavy atom. The van der Waals surface area contributed by atoms with Crippen LogP contribution in [0, 0.1) is 0 Å². The number of aryl methyl sites for hydroxylation is 1. The van der Waals surface area contributed by atoms with E-state index in [0.717, 1.165) is 17.0 Å². The molecule has 0 aliphatic rings. The molecule has 3 N–H and O–H groups in total. The second-order valence-electron chi connectivity index (χ2n) is 2.60. The number of rotatable bonds is 4. The Hall–Kier alpha value is -1.03. The van der Waals surface area contributed by atoms with E-state index in [-0.39, 0.29) is 6.42 Å². The van der Waals surface area contributed by atoms with Gasteiger partial charge in [0, 0.05) is 6.42 Å². The first-order valence-electron chi connectivity index (χ1n) is 3.73. The van der Waals surface area contributed by atoms with E-state index in [9.17, 15) is 4.79 Å². The number of nitrogen functional groups attached to an aromatic ring is 1. The second-order valence-corrected chi connectivity index (χ2v) is 3.55. The van der Waals surface area contributed by atoms with Crippen molar-refractivity contribution in [1.82, 2.24) is 0 Å². The van der Waals surface area contributed by atoms with Crippen LogP contribution in [0.4, 0.5) is 5.00 Å². The summed E-state index contributed by atoms with van der Waals surface area (Å²) in [7, 11) is 0. The number of thiophene rings is 1. The zero-order valence-corrected chi connectivity index (χ0v) is 7.43. The maximum atomic E-state index is 10.2. The Morgan fingerprint density at radius 2 is 2.42 bits per heavy atom.